The van der Waals surface area contributed by atoms with Gasteiger partial charge in [0.15, 0.2) is 6.10 Å². The minimum Gasteiger partial charge on any atom is -0.481 e. The molecular weight excluding hydrogens is 307 g/mol. The molecule has 10 nitrogen and oxygen atoms in total. The van der Waals surface area contributed by atoms with Crippen LogP contribution in [-0.2, 0) is 20.6 Å². The van der Waals surface area contributed by atoms with E-state index in [1.54, 1.807) is 6.92 Å². The molecule has 1 aromatic rings. The van der Waals surface area contributed by atoms with Gasteiger partial charge in [-0.2, -0.15) is 4.98 Å². The second kappa shape index (κ2) is 6.81. The van der Waals surface area contributed by atoms with E-state index in [0.29, 0.717) is 5.56 Å². The number of nitrogens with zero attached hydrogens (tertiary/aromatic N) is 2. The fourth-order valence-corrected chi connectivity index (χ4v) is 1.86. The number of rotatable bonds is 7. The van der Waals surface area contributed by atoms with Gasteiger partial charge in [0, 0.05) is 11.8 Å². The smallest absolute Gasteiger partial charge is 0.351 e. The van der Waals surface area contributed by atoms with Gasteiger partial charge in [0.2, 0.25) is 5.88 Å². The lowest BCUT2D eigenvalue weighted by atomic mass is 10.3. The Hall–Kier alpha value is -1.74. The normalized spacial score (nSPS) is 13.0. The maximum absolute atomic E-state index is 11.7. The Morgan fingerprint density at radius 3 is 2.62 bits per heavy atom. The van der Waals surface area contributed by atoms with Crippen molar-refractivity contribution in [2.45, 2.75) is 19.6 Å². The zero-order chi connectivity index (χ0) is 16.2. The van der Waals surface area contributed by atoms with Crippen molar-refractivity contribution >= 4 is 13.6 Å². The Bertz CT molecular complexity index is 622. The van der Waals surface area contributed by atoms with Crippen molar-refractivity contribution in [2.24, 2.45) is 0 Å². The van der Waals surface area contributed by atoms with Gasteiger partial charge in [-0.05, 0) is 6.92 Å². The maximum Gasteiger partial charge on any atom is 0.351 e. The molecule has 1 atom stereocenters. The van der Waals surface area contributed by atoms with Crippen LogP contribution in [0.25, 0.3) is 0 Å². The highest BCUT2D eigenvalue weighted by molar-refractivity contribution is 7.51. The molecule has 0 aliphatic carbocycles. The van der Waals surface area contributed by atoms with Crippen LogP contribution < -0.4 is 10.4 Å². The summed E-state index contributed by atoms with van der Waals surface area (Å²) in [6.45, 7) is 1.17. The topological polar surface area (TPSA) is 148 Å². The molecule has 0 unspecified atom stereocenters. The molecule has 0 aromatic carbocycles. The molecule has 21 heavy (non-hydrogen) atoms. The van der Waals surface area contributed by atoms with Crippen molar-refractivity contribution in [3.8, 4) is 5.88 Å². The number of hydrogen-bond donors (Lipinski definition) is 3. The third kappa shape index (κ3) is 5.27. The number of hydrogen-bond acceptors (Lipinski definition) is 6. The summed E-state index contributed by atoms with van der Waals surface area (Å²) in [5, 5.41) is 8.95. The molecule has 11 heteroatoms. The number of carboxylic acids is 1. The van der Waals surface area contributed by atoms with Gasteiger partial charge in [0.1, 0.15) is 6.35 Å². The summed E-state index contributed by atoms with van der Waals surface area (Å²) in [5.74, 6) is -1.34. The number of carboxylic acid groups (broad SMARTS) is 1. The lowest BCUT2D eigenvalue weighted by molar-refractivity contribution is -0.150. The molecule has 1 rings (SSSR count). The summed E-state index contributed by atoms with van der Waals surface area (Å²) in [7, 11) is -3.17. The number of aliphatic carboxylic acids is 1. The highest BCUT2D eigenvalue weighted by Gasteiger charge is 2.24. The highest BCUT2D eigenvalue weighted by Crippen LogP contribution is 2.34. The molecule has 118 valence electrons. The monoisotopic (exact) mass is 322 g/mol. The summed E-state index contributed by atoms with van der Waals surface area (Å²) in [4.78, 5) is 43.6. The van der Waals surface area contributed by atoms with Gasteiger partial charge in [-0.3, -0.25) is 9.13 Å². The van der Waals surface area contributed by atoms with E-state index in [1.807, 2.05) is 0 Å². The molecule has 0 spiro atoms. The Balaban J connectivity index is 2.95. The van der Waals surface area contributed by atoms with Crippen LogP contribution in [0, 0.1) is 6.92 Å². The molecule has 0 amide bonds. The van der Waals surface area contributed by atoms with Crippen molar-refractivity contribution in [2.75, 3.05) is 13.5 Å². The first-order valence-electron chi connectivity index (χ1n) is 5.65. The van der Waals surface area contributed by atoms with Crippen LogP contribution in [-0.4, -0.2) is 50.0 Å². The zero-order valence-electron chi connectivity index (χ0n) is 11.3. The van der Waals surface area contributed by atoms with Crippen molar-refractivity contribution in [3.05, 3.63) is 22.2 Å². The van der Waals surface area contributed by atoms with E-state index < -0.39 is 38.3 Å². The summed E-state index contributed by atoms with van der Waals surface area (Å²) in [5.41, 5.74) is -0.264. The highest BCUT2D eigenvalue weighted by atomic mass is 31.2. The fourth-order valence-electron chi connectivity index (χ4n) is 1.49. The first kappa shape index (κ1) is 17.3. The molecule has 0 radical (unpaired) electrons. The van der Waals surface area contributed by atoms with Crippen molar-refractivity contribution in [3.63, 3.8) is 0 Å². The fraction of sp³-hybridized carbons (Fsp3) is 0.500. The van der Waals surface area contributed by atoms with Gasteiger partial charge in [0.25, 0.3) is 0 Å². The minimum atomic E-state index is -4.51. The molecule has 3 N–H and O–H groups in total. The van der Waals surface area contributed by atoms with Crippen LogP contribution in [0.1, 0.15) is 5.56 Å². The lowest BCUT2D eigenvalue weighted by Crippen LogP contribution is -2.35. The summed E-state index contributed by atoms with van der Waals surface area (Å²) in [6.07, 6.45) is -1.32. The minimum absolute atomic E-state index is 0.110. The molecule has 0 bridgehead atoms. The molecule has 0 saturated heterocycles. The SMILES string of the molecule is COc1nc(=O)n(C[C@H](OCP(=O)(O)O)C(=O)O)cc1C. The summed E-state index contributed by atoms with van der Waals surface area (Å²) >= 11 is 0. The Labute approximate surface area is 119 Å². The first-order valence-corrected chi connectivity index (χ1v) is 7.45. The number of methoxy groups -OCH3 is 1. The second-order valence-electron chi connectivity index (χ2n) is 4.16. The first-order chi connectivity index (χ1) is 9.64. The standard InChI is InChI=1S/C10H15N2O8P/c1-6-3-12(10(15)11-8(6)19-2)4-7(9(13)14)20-5-21(16,17)18/h3,7H,4-5H2,1-2H3,(H,13,14)(H2,16,17,18)/t7-/m0/s1. The van der Waals surface area contributed by atoms with Gasteiger partial charge in [0.05, 0.1) is 13.7 Å². The zero-order valence-corrected chi connectivity index (χ0v) is 12.2. The van der Waals surface area contributed by atoms with Crippen molar-refractivity contribution in [1.82, 2.24) is 9.55 Å². The third-order valence-electron chi connectivity index (χ3n) is 2.40. The van der Waals surface area contributed by atoms with E-state index in [1.165, 1.54) is 13.3 Å². The number of aromatic nitrogens is 2. The predicted molar refractivity (Wildman–Crippen MR) is 69.2 cm³/mol. The molecule has 0 aliphatic rings. The van der Waals surface area contributed by atoms with Crippen LogP contribution in [0.3, 0.4) is 0 Å². The third-order valence-corrected chi connectivity index (χ3v) is 2.89. The van der Waals surface area contributed by atoms with Crippen molar-refractivity contribution in [1.29, 1.82) is 0 Å². The van der Waals surface area contributed by atoms with E-state index in [9.17, 15) is 14.2 Å². The maximum atomic E-state index is 11.7. The van der Waals surface area contributed by atoms with Gasteiger partial charge in [-0.15, -0.1) is 0 Å². The van der Waals surface area contributed by atoms with Crippen LogP contribution in [0.15, 0.2) is 11.0 Å². The van der Waals surface area contributed by atoms with E-state index in [2.05, 4.69) is 9.72 Å². The number of aryl methyl sites for hydroxylation is 1. The van der Waals surface area contributed by atoms with Gasteiger partial charge < -0.3 is 24.4 Å². The average molecular weight is 322 g/mol. The second-order valence-corrected chi connectivity index (χ2v) is 5.74. The van der Waals surface area contributed by atoms with Crippen LogP contribution >= 0.6 is 7.60 Å². The van der Waals surface area contributed by atoms with E-state index in [0.717, 1.165) is 4.57 Å². The van der Waals surface area contributed by atoms with E-state index in [4.69, 9.17) is 19.6 Å². The summed E-state index contributed by atoms with van der Waals surface area (Å²) in [6, 6.07) is 0. The largest absolute Gasteiger partial charge is 0.481 e. The van der Waals surface area contributed by atoms with E-state index in [-0.39, 0.29) is 5.88 Å². The molecule has 0 aliphatic heterocycles. The van der Waals surface area contributed by atoms with E-state index >= 15 is 0 Å². The molecule has 1 heterocycles. The summed E-state index contributed by atoms with van der Waals surface area (Å²) < 4.78 is 21.2. The lowest BCUT2D eigenvalue weighted by Gasteiger charge is -2.16. The predicted octanol–water partition coefficient (Wildman–Crippen LogP) is -0.835. The molecule has 1 aromatic heterocycles. The van der Waals surface area contributed by atoms with Gasteiger partial charge in [-0.25, -0.2) is 9.59 Å². The molecule has 0 saturated carbocycles. The number of carbonyl (C=O) groups is 1. The van der Waals surface area contributed by atoms with Gasteiger partial charge >= 0.3 is 19.3 Å². The molecular formula is C10H15N2O8P. The van der Waals surface area contributed by atoms with Crippen LogP contribution in [0.2, 0.25) is 0 Å². The Morgan fingerprint density at radius 2 is 2.14 bits per heavy atom. The van der Waals surface area contributed by atoms with Crippen LogP contribution in [0.4, 0.5) is 0 Å². The quantitative estimate of drug-likeness (QED) is 0.546. The number of ether oxygens (including phenoxy) is 2. The molecule has 0 fully saturated rings. The Morgan fingerprint density at radius 1 is 1.52 bits per heavy atom. The average Bonchev–Trinajstić information content (AvgIpc) is 2.36. The Kier molecular flexibility index (Phi) is 5.62. The van der Waals surface area contributed by atoms with Gasteiger partial charge in [-0.1, -0.05) is 0 Å². The van der Waals surface area contributed by atoms with Crippen molar-refractivity contribution < 1.29 is 33.7 Å². The van der Waals surface area contributed by atoms with Crippen LogP contribution in [0.5, 0.6) is 5.88 Å².